The average molecular weight is 1820 g/mol. The Kier molecular flexibility index (Phi) is 43.2. The number of guanidine groups is 1. The zero-order valence-electron chi connectivity index (χ0n) is 70.7. The summed E-state index contributed by atoms with van der Waals surface area (Å²) in [6.45, 7) is 5.32. The minimum Gasteiger partial charge on any atom is -0.508 e. The number of aromatic nitrogens is 1. The van der Waals surface area contributed by atoms with Gasteiger partial charge in [0.25, 0.3) is 0 Å². The number of unbranched alkanes of at least 4 members (excludes halogenated alkanes) is 1. The molecule has 33 N–H and O–H groups in total. The molecule has 0 unspecified atom stereocenters. The van der Waals surface area contributed by atoms with E-state index in [1.54, 1.807) is 38.1 Å². The zero-order chi connectivity index (χ0) is 96.8. The number of nitrogens with two attached hydrogens (primary N) is 5. The lowest BCUT2D eigenvalue weighted by atomic mass is 10.00. The number of fused-ring (bicyclic) bond motifs is 1. The number of carboxylic acids is 6. The second-order valence-corrected chi connectivity index (χ2v) is 30.8. The van der Waals surface area contributed by atoms with Gasteiger partial charge in [0.05, 0.1) is 44.6 Å². The average Bonchev–Trinajstić information content (AvgIpc) is 1.63. The van der Waals surface area contributed by atoms with Crippen molar-refractivity contribution in [1.29, 1.82) is 5.41 Å². The Morgan fingerprint density at radius 1 is 0.450 bits per heavy atom. The lowest BCUT2D eigenvalue weighted by Crippen LogP contribution is -2.61. The number of carbonyl (C=O) groups is 22. The Morgan fingerprint density at radius 3 is 1.34 bits per heavy atom. The van der Waals surface area contributed by atoms with Gasteiger partial charge in [-0.15, -0.1) is 0 Å². The fraction of sp³-hybridized carbons (Fsp3) is 0.526. The Bertz CT molecular complexity index is 4600. The SMILES string of the molecule is CC(C)C[C@H](NC(=O)[C@H](C)NC(=O)[C@H](CC(=O)O)NC(=O)[C@@H](N)CC(=O)O)C(=O)N[C@@H](Cc1ccc(O)cc1)C(=O)N[C@@H](CC(=O)O)C(=O)N[C@@H](CC(=O)O)C(=O)N[C@@H](CCCCN)C(=O)N[C@@H](CC(N)=O)C(=O)N[C@@H](Cc1c[nH]c2ccccc12)C(=O)N[C@@H](CC(=O)O)C(=O)N[C@@H](CCCNC(=N)N)C(=O)N[C@@H](C)C(=O)N1CCC[C@H]1C(=O)N[C@@H](CCC(N)=O)C(=O)O. The molecule has 1 aromatic heterocycles. The summed E-state index contributed by atoms with van der Waals surface area (Å²) in [4.78, 5) is 299. The molecule has 1 saturated heterocycles. The highest BCUT2D eigenvalue weighted by molar-refractivity contribution is 6.03. The molecule has 51 nitrogen and oxygen atoms in total. The van der Waals surface area contributed by atoms with Crippen LogP contribution in [0.4, 0.5) is 0 Å². The van der Waals surface area contributed by atoms with Crippen LogP contribution in [-0.4, -0.2) is 292 Å². The highest BCUT2D eigenvalue weighted by atomic mass is 16.4. The number of hydrogen-bond acceptors (Lipinski definition) is 26. The number of primary amides is 2. The second-order valence-electron chi connectivity index (χ2n) is 30.8. The fourth-order valence-corrected chi connectivity index (χ4v) is 13.2. The number of aromatic amines is 1. The Hall–Kier alpha value is -14.7. The first kappa shape index (κ1) is 107. The van der Waals surface area contributed by atoms with Crippen molar-refractivity contribution in [2.45, 2.75) is 234 Å². The van der Waals surface area contributed by atoms with Crippen LogP contribution < -0.4 is 103 Å². The topological polar surface area (TPSA) is 859 Å². The van der Waals surface area contributed by atoms with Crippen LogP contribution in [-0.2, 0) is 118 Å². The van der Waals surface area contributed by atoms with Crippen LogP contribution in [0.5, 0.6) is 5.75 Å². The molecule has 708 valence electrons. The minimum absolute atomic E-state index is 0.0414. The Morgan fingerprint density at radius 2 is 0.868 bits per heavy atom. The standard InChI is InChI=1S/C78H112N22O29/c1-35(2)25-47(92-63(114)36(3)87-67(118)51(30-59(106)107)93-64(115)42(80)28-58(104)105)68(119)94-48(26-38-16-18-40(101)19-17-38)69(120)97-54(33-62(112)113)74(125)99-53(32-61(110)111)72(123)89-44(13-7-8-22-79)66(117)96-50(29-57(82)103)71(122)95-49(27-39-34-86-43-12-6-5-11-41(39)43)70(121)98-52(31-60(108)109)73(124)90-45(14-9-23-85-78(83)84)65(116)88-37(4)76(127)100-24-10-15-55(100)75(126)91-46(77(128)129)20-21-56(81)102/h5-6,11-12,16-19,34-37,42,44-55,86,101H,7-10,13-15,20-33,79-80H2,1-4H3,(H2,81,102)(H2,82,103)(H,87,118)(H,88,116)(H,89,123)(H,90,124)(H,91,126)(H,92,114)(H,93,115)(H,94,119)(H,95,122)(H,96,117)(H,97,120)(H,98,121)(H,99,125)(H,104,105)(H,106,107)(H,108,109)(H,110,111)(H,112,113)(H,128,129)(H4,83,84,85)/t36-,37-,42-,44-,45-,46-,47-,48-,49-,50-,51-,52-,53-,54-,55-/m0/s1. The predicted molar refractivity (Wildman–Crippen MR) is 446 cm³/mol. The van der Waals surface area contributed by atoms with Gasteiger partial charge < -0.3 is 149 Å². The summed E-state index contributed by atoms with van der Waals surface area (Å²) in [6, 6.07) is -16.2. The molecule has 1 fully saturated rings. The van der Waals surface area contributed by atoms with E-state index >= 15 is 0 Å². The highest BCUT2D eigenvalue weighted by Crippen LogP contribution is 2.23. The van der Waals surface area contributed by atoms with Crippen molar-refractivity contribution in [3.63, 3.8) is 0 Å². The van der Waals surface area contributed by atoms with Crippen LogP contribution in [0, 0.1) is 11.3 Å². The van der Waals surface area contributed by atoms with E-state index in [1.165, 1.54) is 37.4 Å². The molecule has 0 spiro atoms. The van der Waals surface area contributed by atoms with Crippen molar-refractivity contribution in [1.82, 2.24) is 84.3 Å². The van der Waals surface area contributed by atoms with Gasteiger partial charge in [0.1, 0.15) is 90.3 Å². The summed E-state index contributed by atoms with van der Waals surface area (Å²) in [7, 11) is 0. The van der Waals surface area contributed by atoms with E-state index in [0.717, 1.165) is 11.8 Å². The highest BCUT2D eigenvalue weighted by Gasteiger charge is 2.42. The summed E-state index contributed by atoms with van der Waals surface area (Å²) in [5.74, 6) is -30.9. The molecule has 51 heteroatoms. The van der Waals surface area contributed by atoms with Crippen molar-refractivity contribution < 1.29 is 141 Å². The first-order valence-electron chi connectivity index (χ1n) is 40.6. The van der Waals surface area contributed by atoms with E-state index in [2.05, 4.69) is 68.8 Å². The molecular formula is C78H112N22O29. The molecule has 0 radical (unpaired) electrons. The Labute approximate surface area is 735 Å². The molecule has 2 aromatic carbocycles. The van der Waals surface area contributed by atoms with E-state index in [9.17, 15) is 136 Å². The van der Waals surface area contributed by atoms with Gasteiger partial charge in [-0.1, -0.05) is 44.2 Å². The maximum Gasteiger partial charge on any atom is 0.326 e. The van der Waals surface area contributed by atoms with E-state index in [-0.39, 0.29) is 87.9 Å². The fourth-order valence-electron chi connectivity index (χ4n) is 13.2. The predicted octanol–water partition coefficient (Wildman–Crippen LogP) is -8.64. The molecular weight excluding hydrogens is 1710 g/mol. The monoisotopic (exact) mass is 1820 g/mol. The van der Waals surface area contributed by atoms with Crippen molar-refractivity contribution in [2.75, 3.05) is 19.6 Å². The number of hydrogen-bond donors (Lipinski definition) is 28. The lowest BCUT2D eigenvalue weighted by molar-refractivity contribution is -0.145. The van der Waals surface area contributed by atoms with E-state index in [4.69, 9.17) is 39.2 Å². The number of nitrogens with one attached hydrogen (secondary N) is 16. The van der Waals surface area contributed by atoms with Crippen molar-refractivity contribution in [3.05, 3.63) is 65.9 Å². The summed E-state index contributed by atoms with van der Waals surface area (Å²) < 4.78 is 0. The third-order valence-electron chi connectivity index (χ3n) is 19.7. The van der Waals surface area contributed by atoms with Crippen LogP contribution in [0.25, 0.3) is 10.9 Å². The minimum atomic E-state index is -2.31. The third-order valence-corrected chi connectivity index (χ3v) is 19.7. The number of rotatable bonds is 57. The largest absolute Gasteiger partial charge is 0.508 e. The maximum atomic E-state index is 14.9. The van der Waals surface area contributed by atoms with Crippen molar-refractivity contribution >= 4 is 147 Å². The number of phenols is 1. The normalized spacial score (nSPS) is 15.5. The van der Waals surface area contributed by atoms with Gasteiger partial charge >= 0.3 is 35.8 Å². The van der Waals surface area contributed by atoms with Crippen LogP contribution in [0.2, 0.25) is 0 Å². The molecule has 2 heterocycles. The molecule has 15 atom stereocenters. The molecule has 16 amide bonds. The number of nitrogens with zero attached hydrogens (tertiary/aromatic N) is 1. The smallest absolute Gasteiger partial charge is 0.326 e. The molecule has 4 rings (SSSR count). The first-order chi connectivity index (χ1) is 60.6. The van der Waals surface area contributed by atoms with Gasteiger partial charge in [-0.25, -0.2) is 4.79 Å². The number of likely N-dealkylation sites (tertiary alicyclic amines) is 1. The molecule has 1 aliphatic rings. The number of amides is 16. The number of para-hydroxylation sites is 1. The van der Waals surface area contributed by atoms with E-state index < -0.39 is 297 Å². The number of carbonyl (C=O) groups excluding carboxylic acids is 16. The maximum absolute atomic E-state index is 14.9. The quantitative estimate of drug-likeness (QED) is 0.0142. The van der Waals surface area contributed by atoms with Gasteiger partial charge in [0.15, 0.2) is 5.96 Å². The van der Waals surface area contributed by atoms with Gasteiger partial charge in [0, 0.05) is 49.5 Å². The van der Waals surface area contributed by atoms with Crippen molar-refractivity contribution in [3.8, 4) is 5.75 Å². The Balaban J connectivity index is 1.66. The summed E-state index contributed by atoms with van der Waals surface area (Å²) in [5.41, 5.74) is 28.5. The first-order valence-corrected chi connectivity index (χ1v) is 40.6. The number of phenolic OH excluding ortho intramolecular Hbond substituents is 1. The van der Waals surface area contributed by atoms with Gasteiger partial charge in [-0.05, 0) is 113 Å². The summed E-state index contributed by atoms with van der Waals surface area (Å²) in [6.07, 6.45) is -8.22. The van der Waals surface area contributed by atoms with Crippen LogP contribution in [0.3, 0.4) is 0 Å². The van der Waals surface area contributed by atoms with Crippen LogP contribution in [0.15, 0.2) is 54.7 Å². The number of benzene rings is 2. The molecule has 3 aromatic rings. The zero-order valence-corrected chi connectivity index (χ0v) is 70.7. The van der Waals surface area contributed by atoms with Crippen molar-refractivity contribution in [2.24, 2.45) is 34.6 Å². The van der Waals surface area contributed by atoms with Gasteiger partial charge in [0.2, 0.25) is 94.5 Å². The number of H-pyrrole nitrogens is 1. The molecule has 0 aliphatic carbocycles. The number of aliphatic carboxylic acids is 6. The third kappa shape index (κ3) is 37.2. The molecule has 1 aliphatic heterocycles. The lowest BCUT2D eigenvalue weighted by Gasteiger charge is -2.29. The summed E-state index contributed by atoms with van der Waals surface area (Å²) >= 11 is 0. The van der Waals surface area contributed by atoms with E-state index in [0.29, 0.717) is 10.9 Å². The van der Waals surface area contributed by atoms with Crippen LogP contribution >= 0.6 is 0 Å². The van der Waals surface area contributed by atoms with Crippen LogP contribution in [0.1, 0.15) is 142 Å². The second kappa shape index (κ2) is 52.3. The van der Waals surface area contributed by atoms with Gasteiger partial charge in [-0.3, -0.25) is 106 Å². The number of carboxylic acid groups (broad SMARTS) is 6. The molecule has 129 heavy (non-hydrogen) atoms. The molecule has 0 saturated carbocycles. The van der Waals surface area contributed by atoms with Gasteiger partial charge in [-0.2, -0.15) is 0 Å². The summed E-state index contributed by atoms with van der Waals surface area (Å²) in [5, 5.41) is 109. The van der Waals surface area contributed by atoms with E-state index in [1.807, 2.05) is 10.6 Å². The number of aromatic hydroxyl groups is 1. The molecule has 0 bridgehead atoms.